The first-order chi connectivity index (χ1) is 15.0. The van der Waals surface area contributed by atoms with Crippen molar-refractivity contribution >= 4 is 30.5 Å². The van der Waals surface area contributed by atoms with Gasteiger partial charge in [-0.3, -0.25) is 9.59 Å². The van der Waals surface area contributed by atoms with Gasteiger partial charge in [0.25, 0.3) is 5.91 Å². The molecule has 3 heterocycles. The summed E-state index contributed by atoms with van der Waals surface area (Å²) in [5.74, 6) is -0.164. The standard InChI is InChI=1S/C22H30BN3O6/c1-21(2)22(3,4)32-23(31-21)15-5-7-17-14(11-15)12-25(19(17)28)9-10-26(20(29)30)13-16-6-8-18(27)24-16/h5,7,11,16H,6,8-10,12-13H2,1-4H3,(H,24,27)(H,29,30). The number of benzene rings is 1. The van der Waals surface area contributed by atoms with E-state index in [0.717, 1.165) is 11.0 Å². The minimum atomic E-state index is -1.06. The van der Waals surface area contributed by atoms with Gasteiger partial charge >= 0.3 is 13.2 Å². The lowest BCUT2D eigenvalue weighted by Gasteiger charge is -2.32. The van der Waals surface area contributed by atoms with Gasteiger partial charge in [0.15, 0.2) is 0 Å². The first kappa shape index (κ1) is 22.6. The Labute approximate surface area is 188 Å². The number of nitrogens with zero attached hydrogens (tertiary/aromatic N) is 2. The highest BCUT2D eigenvalue weighted by Gasteiger charge is 2.52. The van der Waals surface area contributed by atoms with Crippen molar-refractivity contribution in [2.45, 2.75) is 64.3 Å². The minimum Gasteiger partial charge on any atom is -0.465 e. The second kappa shape index (κ2) is 8.08. The molecule has 0 bridgehead atoms. The molecule has 4 rings (SSSR count). The number of nitrogens with one attached hydrogen (secondary N) is 1. The van der Waals surface area contributed by atoms with Crippen molar-refractivity contribution in [2.24, 2.45) is 0 Å². The fourth-order valence-corrected chi connectivity index (χ4v) is 4.29. The number of carboxylic acid groups (broad SMARTS) is 1. The molecule has 3 amide bonds. The van der Waals surface area contributed by atoms with Crippen LogP contribution in [0.4, 0.5) is 4.79 Å². The molecule has 2 saturated heterocycles. The van der Waals surface area contributed by atoms with Crippen LogP contribution >= 0.6 is 0 Å². The zero-order valence-corrected chi connectivity index (χ0v) is 19.0. The van der Waals surface area contributed by atoms with Crippen LogP contribution in [-0.4, -0.2) is 76.8 Å². The van der Waals surface area contributed by atoms with Crippen LogP contribution < -0.4 is 10.8 Å². The molecule has 32 heavy (non-hydrogen) atoms. The molecule has 0 saturated carbocycles. The molecule has 1 aromatic rings. The molecule has 0 spiro atoms. The topological polar surface area (TPSA) is 108 Å². The molecule has 2 N–H and O–H groups in total. The highest BCUT2D eigenvalue weighted by atomic mass is 16.7. The number of hydrogen-bond acceptors (Lipinski definition) is 5. The van der Waals surface area contributed by atoms with Gasteiger partial charge in [0.1, 0.15) is 0 Å². The molecule has 9 nitrogen and oxygen atoms in total. The van der Waals surface area contributed by atoms with Crippen LogP contribution in [0.15, 0.2) is 18.2 Å². The Morgan fingerprint density at radius 3 is 2.53 bits per heavy atom. The zero-order chi connectivity index (χ0) is 23.3. The molecular formula is C22H30BN3O6. The van der Waals surface area contributed by atoms with E-state index in [2.05, 4.69) is 5.32 Å². The van der Waals surface area contributed by atoms with Gasteiger partial charge < -0.3 is 29.5 Å². The van der Waals surface area contributed by atoms with E-state index in [1.165, 1.54) is 4.90 Å². The predicted octanol–water partition coefficient (Wildman–Crippen LogP) is 1.20. The van der Waals surface area contributed by atoms with Crippen molar-refractivity contribution in [3.8, 4) is 0 Å². The van der Waals surface area contributed by atoms with Crippen LogP contribution in [0.2, 0.25) is 0 Å². The lowest BCUT2D eigenvalue weighted by Crippen LogP contribution is -2.44. The first-order valence-electron chi connectivity index (χ1n) is 11.0. The molecule has 3 aliphatic heterocycles. The summed E-state index contributed by atoms with van der Waals surface area (Å²) in [5, 5.41) is 12.3. The van der Waals surface area contributed by atoms with Crippen molar-refractivity contribution in [2.75, 3.05) is 19.6 Å². The normalized spacial score (nSPS) is 23.4. The molecule has 172 valence electrons. The highest BCUT2D eigenvalue weighted by Crippen LogP contribution is 2.36. The van der Waals surface area contributed by atoms with Crippen molar-refractivity contribution < 1.29 is 28.8 Å². The van der Waals surface area contributed by atoms with Crippen LogP contribution in [0.1, 0.15) is 56.5 Å². The molecular weight excluding hydrogens is 413 g/mol. The third-order valence-corrected chi connectivity index (χ3v) is 6.97. The molecule has 3 aliphatic rings. The number of rotatable bonds is 6. The summed E-state index contributed by atoms with van der Waals surface area (Å²) >= 11 is 0. The van der Waals surface area contributed by atoms with Crippen molar-refractivity contribution in [1.29, 1.82) is 0 Å². The number of hydrogen-bond donors (Lipinski definition) is 2. The summed E-state index contributed by atoms with van der Waals surface area (Å²) in [4.78, 5) is 38.8. The Bertz CT molecular complexity index is 934. The summed E-state index contributed by atoms with van der Waals surface area (Å²) in [6.45, 7) is 9.09. The van der Waals surface area contributed by atoms with Crippen LogP contribution in [-0.2, 0) is 20.6 Å². The maximum absolute atomic E-state index is 12.8. The lowest BCUT2D eigenvalue weighted by atomic mass is 9.78. The van der Waals surface area contributed by atoms with E-state index < -0.39 is 24.4 Å². The number of fused-ring (bicyclic) bond motifs is 1. The summed E-state index contributed by atoms with van der Waals surface area (Å²) < 4.78 is 12.2. The average Bonchev–Trinajstić information content (AvgIpc) is 3.32. The Morgan fingerprint density at radius 1 is 1.25 bits per heavy atom. The van der Waals surface area contributed by atoms with E-state index in [4.69, 9.17) is 9.31 Å². The fourth-order valence-electron chi connectivity index (χ4n) is 4.29. The largest absolute Gasteiger partial charge is 0.494 e. The third kappa shape index (κ3) is 4.21. The molecule has 0 aromatic heterocycles. The van der Waals surface area contributed by atoms with Gasteiger partial charge in [-0.2, -0.15) is 0 Å². The quantitative estimate of drug-likeness (QED) is 0.640. The Balaban J connectivity index is 1.40. The monoisotopic (exact) mass is 443 g/mol. The van der Waals surface area contributed by atoms with E-state index in [-0.39, 0.29) is 37.5 Å². The third-order valence-electron chi connectivity index (χ3n) is 6.97. The van der Waals surface area contributed by atoms with Gasteiger partial charge in [0, 0.05) is 44.2 Å². The van der Waals surface area contributed by atoms with E-state index in [1.54, 1.807) is 11.0 Å². The molecule has 10 heteroatoms. The van der Waals surface area contributed by atoms with Crippen LogP contribution in [0.3, 0.4) is 0 Å². The Morgan fingerprint density at radius 2 is 1.94 bits per heavy atom. The SMILES string of the molecule is CC1(C)OB(c2ccc3c(c2)CN(CCN(CC2CCC(=O)N2)C(=O)O)C3=O)OC1(C)C. The first-order valence-corrected chi connectivity index (χ1v) is 11.0. The minimum absolute atomic E-state index is 0.0525. The van der Waals surface area contributed by atoms with Gasteiger partial charge in [-0.05, 0) is 51.2 Å². The van der Waals surface area contributed by atoms with Crippen molar-refractivity contribution in [1.82, 2.24) is 15.1 Å². The number of amides is 3. The summed E-state index contributed by atoms with van der Waals surface area (Å²) in [7, 11) is -0.501. The highest BCUT2D eigenvalue weighted by molar-refractivity contribution is 6.62. The molecule has 2 fully saturated rings. The summed E-state index contributed by atoms with van der Waals surface area (Å²) in [6, 6.07) is 5.42. The fraction of sp³-hybridized carbons (Fsp3) is 0.591. The van der Waals surface area contributed by atoms with Crippen LogP contribution in [0, 0.1) is 0 Å². The van der Waals surface area contributed by atoms with Crippen LogP contribution in [0.25, 0.3) is 0 Å². The van der Waals surface area contributed by atoms with Gasteiger partial charge in [-0.1, -0.05) is 12.1 Å². The Kier molecular flexibility index (Phi) is 5.71. The number of carbonyl (C=O) groups excluding carboxylic acids is 2. The second-order valence-electron chi connectivity index (χ2n) is 9.76. The van der Waals surface area contributed by atoms with E-state index in [9.17, 15) is 19.5 Å². The van der Waals surface area contributed by atoms with Gasteiger partial charge in [-0.15, -0.1) is 0 Å². The number of carbonyl (C=O) groups is 3. The summed E-state index contributed by atoms with van der Waals surface area (Å²) in [6.07, 6.45) is -0.0139. The molecule has 1 unspecified atom stereocenters. The van der Waals surface area contributed by atoms with Crippen molar-refractivity contribution in [3.63, 3.8) is 0 Å². The second-order valence-corrected chi connectivity index (χ2v) is 9.76. The average molecular weight is 443 g/mol. The van der Waals surface area contributed by atoms with Crippen molar-refractivity contribution in [3.05, 3.63) is 29.3 Å². The maximum atomic E-state index is 12.8. The molecule has 0 aliphatic carbocycles. The molecule has 1 aromatic carbocycles. The summed E-state index contributed by atoms with van der Waals surface area (Å²) in [5.41, 5.74) is 1.47. The molecule has 0 radical (unpaired) electrons. The van der Waals surface area contributed by atoms with Gasteiger partial charge in [0.05, 0.1) is 11.2 Å². The van der Waals surface area contributed by atoms with Gasteiger partial charge in [-0.25, -0.2) is 4.79 Å². The zero-order valence-electron chi connectivity index (χ0n) is 19.0. The van der Waals surface area contributed by atoms with E-state index >= 15 is 0 Å². The predicted molar refractivity (Wildman–Crippen MR) is 118 cm³/mol. The molecule has 1 atom stereocenters. The lowest BCUT2D eigenvalue weighted by molar-refractivity contribution is -0.119. The Hall–Kier alpha value is -2.59. The van der Waals surface area contributed by atoms with E-state index in [0.29, 0.717) is 24.9 Å². The van der Waals surface area contributed by atoms with E-state index in [1.807, 2.05) is 39.8 Å². The smallest absolute Gasteiger partial charge is 0.465 e. The van der Waals surface area contributed by atoms with Crippen LogP contribution in [0.5, 0.6) is 0 Å². The maximum Gasteiger partial charge on any atom is 0.494 e. The van der Waals surface area contributed by atoms with Gasteiger partial charge in [0.2, 0.25) is 5.91 Å².